The van der Waals surface area contributed by atoms with E-state index in [-0.39, 0.29) is 5.41 Å². The molecule has 0 aliphatic heterocycles. The highest BCUT2D eigenvalue weighted by molar-refractivity contribution is 5.38. The number of anilines is 1. The van der Waals surface area contributed by atoms with Crippen molar-refractivity contribution in [2.24, 2.45) is 5.41 Å². The van der Waals surface area contributed by atoms with E-state index in [0.717, 1.165) is 25.2 Å². The van der Waals surface area contributed by atoms with Gasteiger partial charge in [0.25, 0.3) is 0 Å². The molecule has 0 atom stereocenters. The second-order valence-corrected chi connectivity index (χ2v) is 6.03. The summed E-state index contributed by atoms with van der Waals surface area (Å²) >= 11 is 0. The summed E-state index contributed by atoms with van der Waals surface area (Å²) in [6, 6.07) is 1.84. The summed E-state index contributed by atoms with van der Waals surface area (Å²) in [7, 11) is 1.63. The maximum Gasteiger partial charge on any atom is 0.218 e. The van der Waals surface area contributed by atoms with Crippen molar-refractivity contribution in [2.75, 3.05) is 25.6 Å². The fraction of sp³-hybridized carbons (Fsp3) is 0.733. The zero-order chi connectivity index (χ0) is 15.0. The van der Waals surface area contributed by atoms with E-state index >= 15 is 0 Å². The number of nitrogens with zero attached hydrogens (tertiary/aromatic N) is 2. The van der Waals surface area contributed by atoms with Gasteiger partial charge in [0, 0.05) is 19.7 Å². The molecule has 0 bridgehead atoms. The van der Waals surface area contributed by atoms with E-state index in [1.165, 1.54) is 0 Å². The topological polar surface area (TPSA) is 56.3 Å². The van der Waals surface area contributed by atoms with Crippen LogP contribution in [-0.4, -0.2) is 30.2 Å². The third-order valence-corrected chi connectivity index (χ3v) is 2.68. The van der Waals surface area contributed by atoms with E-state index in [2.05, 4.69) is 43.0 Å². The number of hydrogen-bond donors (Lipinski definition) is 1. The van der Waals surface area contributed by atoms with E-state index in [1.807, 2.05) is 6.07 Å². The number of rotatable bonds is 8. The minimum atomic E-state index is 0.256. The monoisotopic (exact) mass is 281 g/mol. The van der Waals surface area contributed by atoms with Gasteiger partial charge < -0.3 is 14.8 Å². The second-order valence-electron chi connectivity index (χ2n) is 6.03. The Hall–Kier alpha value is -1.36. The minimum absolute atomic E-state index is 0.256. The Morgan fingerprint density at radius 1 is 1.25 bits per heavy atom. The van der Waals surface area contributed by atoms with E-state index in [9.17, 15) is 0 Å². The smallest absolute Gasteiger partial charge is 0.218 e. The Kier molecular flexibility index (Phi) is 6.71. The van der Waals surface area contributed by atoms with E-state index < -0.39 is 0 Å². The van der Waals surface area contributed by atoms with Crippen LogP contribution in [0.2, 0.25) is 0 Å². The van der Waals surface area contributed by atoms with Crippen LogP contribution in [0.15, 0.2) is 6.07 Å². The lowest BCUT2D eigenvalue weighted by molar-refractivity contribution is 0.175. The molecule has 1 heterocycles. The molecule has 5 heteroatoms. The number of hydrogen-bond acceptors (Lipinski definition) is 5. The molecular weight excluding hydrogens is 254 g/mol. The van der Waals surface area contributed by atoms with Gasteiger partial charge in [-0.25, -0.2) is 4.98 Å². The number of nitrogens with one attached hydrogen (secondary N) is 1. The van der Waals surface area contributed by atoms with Crippen molar-refractivity contribution >= 4 is 5.82 Å². The quantitative estimate of drug-likeness (QED) is 0.792. The summed E-state index contributed by atoms with van der Waals surface area (Å²) in [5, 5.41) is 3.25. The fourth-order valence-electron chi connectivity index (χ4n) is 1.55. The minimum Gasteiger partial charge on any atom is -0.478 e. The van der Waals surface area contributed by atoms with Crippen molar-refractivity contribution in [3.8, 4) is 5.88 Å². The van der Waals surface area contributed by atoms with Gasteiger partial charge in [0.05, 0.1) is 6.61 Å². The molecule has 0 radical (unpaired) electrons. The van der Waals surface area contributed by atoms with Gasteiger partial charge in [-0.15, -0.1) is 0 Å². The van der Waals surface area contributed by atoms with Crippen LogP contribution in [0.1, 0.15) is 46.4 Å². The van der Waals surface area contributed by atoms with Gasteiger partial charge >= 0.3 is 0 Å². The number of aromatic nitrogens is 2. The van der Waals surface area contributed by atoms with Crippen molar-refractivity contribution in [2.45, 2.75) is 47.1 Å². The molecular formula is C15H27N3O2. The van der Waals surface area contributed by atoms with Crippen molar-refractivity contribution in [1.82, 2.24) is 9.97 Å². The van der Waals surface area contributed by atoms with Gasteiger partial charge in [-0.05, 0) is 18.3 Å². The van der Waals surface area contributed by atoms with E-state index in [1.54, 1.807) is 7.11 Å². The molecule has 0 aromatic carbocycles. The van der Waals surface area contributed by atoms with E-state index in [4.69, 9.17) is 9.47 Å². The average molecular weight is 281 g/mol. The molecule has 0 fully saturated rings. The van der Waals surface area contributed by atoms with Crippen molar-refractivity contribution in [3.63, 3.8) is 0 Å². The first kappa shape index (κ1) is 16.7. The highest BCUT2D eigenvalue weighted by Crippen LogP contribution is 2.20. The Morgan fingerprint density at radius 2 is 2.00 bits per heavy atom. The molecule has 1 N–H and O–H groups in total. The third-order valence-electron chi connectivity index (χ3n) is 2.68. The predicted octanol–water partition coefficient (Wildman–Crippen LogP) is 3.26. The largest absolute Gasteiger partial charge is 0.478 e. The van der Waals surface area contributed by atoms with Crippen LogP contribution in [-0.2, 0) is 11.3 Å². The van der Waals surface area contributed by atoms with Gasteiger partial charge in [-0.3, -0.25) is 0 Å². The molecule has 1 aromatic heterocycles. The zero-order valence-electron chi connectivity index (χ0n) is 13.3. The summed E-state index contributed by atoms with van der Waals surface area (Å²) in [6.45, 7) is 10.6. The molecule has 1 rings (SSSR count). The standard InChI is InChI=1S/C15H27N3O2/c1-6-8-16-12-10-14(18-13(17-12)11-19-5)20-9-7-15(2,3)4/h10H,6-9,11H2,1-5H3,(H,16,17,18). The Labute approximate surface area is 122 Å². The van der Waals surface area contributed by atoms with Crippen LogP contribution < -0.4 is 10.1 Å². The lowest BCUT2D eigenvalue weighted by Crippen LogP contribution is -2.13. The van der Waals surface area contributed by atoms with Crippen LogP contribution in [0.4, 0.5) is 5.82 Å². The molecule has 20 heavy (non-hydrogen) atoms. The lowest BCUT2D eigenvalue weighted by atomic mass is 9.93. The molecule has 0 amide bonds. The molecule has 0 aliphatic rings. The van der Waals surface area contributed by atoms with Crippen LogP contribution >= 0.6 is 0 Å². The molecule has 0 saturated carbocycles. The third kappa shape index (κ3) is 6.70. The maximum atomic E-state index is 5.74. The van der Waals surface area contributed by atoms with Gasteiger partial charge in [-0.1, -0.05) is 27.7 Å². The average Bonchev–Trinajstić information content (AvgIpc) is 2.35. The van der Waals surface area contributed by atoms with E-state index in [0.29, 0.717) is 24.9 Å². The molecule has 5 nitrogen and oxygen atoms in total. The van der Waals surface area contributed by atoms with Gasteiger partial charge in [-0.2, -0.15) is 4.98 Å². The van der Waals surface area contributed by atoms with Crippen LogP contribution in [0.25, 0.3) is 0 Å². The summed E-state index contributed by atoms with van der Waals surface area (Å²) in [4.78, 5) is 8.74. The van der Waals surface area contributed by atoms with Gasteiger partial charge in [0.15, 0.2) is 5.82 Å². The summed E-state index contributed by atoms with van der Waals surface area (Å²) in [6.07, 6.45) is 2.03. The van der Waals surface area contributed by atoms with Crippen molar-refractivity contribution in [3.05, 3.63) is 11.9 Å². The van der Waals surface area contributed by atoms with Crippen LogP contribution in [0, 0.1) is 5.41 Å². The molecule has 0 saturated heterocycles. The first-order chi connectivity index (χ1) is 9.44. The normalized spacial score (nSPS) is 11.4. The first-order valence-electron chi connectivity index (χ1n) is 7.18. The SMILES string of the molecule is CCCNc1cc(OCCC(C)(C)C)nc(COC)n1. The van der Waals surface area contributed by atoms with Crippen LogP contribution in [0.3, 0.4) is 0 Å². The maximum absolute atomic E-state index is 5.74. The molecule has 1 aromatic rings. The second kappa shape index (κ2) is 8.04. The summed E-state index contributed by atoms with van der Waals surface area (Å²) < 4.78 is 10.8. The zero-order valence-corrected chi connectivity index (χ0v) is 13.3. The molecule has 0 spiro atoms. The van der Waals surface area contributed by atoms with Crippen molar-refractivity contribution < 1.29 is 9.47 Å². The summed E-state index contributed by atoms with van der Waals surface area (Å²) in [5.41, 5.74) is 0.256. The Balaban J connectivity index is 2.69. The van der Waals surface area contributed by atoms with Gasteiger partial charge in [0.1, 0.15) is 12.4 Å². The molecule has 0 unspecified atom stereocenters. The Bertz CT molecular complexity index is 403. The number of ether oxygens (including phenoxy) is 2. The fourth-order valence-corrected chi connectivity index (χ4v) is 1.55. The first-order valence-corrected chi connectivity index (χ1v) is 7.18. The number of methoxy groups -OCH3 is 1. The molecule has 0 aliphatic carbocycles. The van der Waals surface area contributed by atoms with Gasteiger partial charge in [0.2, 0.25) is 5.88 Å². The highest BCUT2D eigenvalue weighted by atomic mass is 16.5. The van der Waals surface area contributed by atoms with Crippen molar-refractivity contribution in [1.29, 1.82) is 0 Å². The lowest BCUT2D eigenvalue weighted by Gasteiger charge is -2.18. The predicted molar refractivity (Wildman–Crippen MR) is 81.1 cm³/mol. The highest BCUT2D eigenvalue weighted by Gasteiger charge is 2.11. The van der Waals surface area contributed by atoms with Crippen LogP contribution in [0.5, 0.6) is 5.88 Å². The molecule has 114 valence electrons. The summed E-state index contributed by atoms with van der Waals surface area (Å²) in [5.74, 6) is 2.04. The Morgan fingerprint density at radius 3 is 2.60 bits per heavy atom.